The molecule has 2 heteroatoms. The van der Waals surface area contributed by atoms with E-state index >= 15 is 0 Å². The van der Waals surface area contributed by atoms with Crippen molar-refractivity contribution in [2.24, 2.45) is 0 Å². The maximum atomic E-state index is 8.67. The SMILES string of the molecule is CC.CN(CCO)C1=CCCC=C1. The van der Waals surface area contributed by atoms with Crippen molar-refractivity contribution in [2.75, 3.05) is 20.2 Å². The monoisotopic (exact) mass is 183 g/mol. The quantitative estimate of drug-likeness (QED) is 0.725. The molecule has 0 spiro atoms. The van der Waals surface area contributed by atoms with Crippen molar-refractivity contribution >= 4 is 0 Å². The molecule has 1 rings (SSSR count). The van der Waals surface area contributed by atoms with Crippen LogP contribution in [0.15, 0.2) is 23.9 Å². The lowest BCUT2D eigenvalue weighted by molar-refractivity contribution is 0.248. The van der Waals surface area contributed by atoms with Crippen molar-refractivity contribution in [3.8, 4) is 0 Å². The molecule has 0 amide bonds. The molecule has 1 aliphatic rings. The van der Waals surface area contributed by atoms with Gasteiger partial charge in [-0.25, -0.2) is 0 Å². The van der Waals surface area contributed by atoms with E-state index in [4.69, 9.17) is 5.11 Å². The molecule has 0 aromatic heterocycles. The van der Waals surface area contributed by atoms with Gasteiger partial charge < -0.3 is 10.0 Å². The highest BCUT2D eigenvalue weighted by molar-refractivity contribution is 5.20. The molecular weight excluding hydrogens is 162 g/mol. The summed E-state index contributed by atoms with van der Waals surface area (Å²) in [6.07, 6.45) is 8.76. The minimum atomic E-state index is 0.224. The van der Waals surface area contributed by atoms with E-state index in [1.165, 1.54) is 5.70 Å². The zero-order valence-electron chi connectivity index (χ0n) is 8.95. The Labute approximate surface area is 81.6 Å². The van der Waals surface area contributed by atoms with Crippen molar-refractivity contribution in [1.29, 1.82) is 0 Å². The van der Waals surface area contributed by atoms with Crippen molar-refractivity contribution < 1.29 is 5.11 Å². The number of likely N-dealkylation sites (N-methyl/N-ethyl adjacent to an activating group) is 1. The molecule has 76 valence electrons. The highest BCUT2D eigenvalue weighted by Crippen LogP contribution is 2.11. The Morgan fingerprint density at radius 1 is 1.38 bits per heavy atom. The van der Waals surface area contributed by atoms with E-state index in [2.05, 4.69) is 23.1 Å². The number of hydrogen-bond donors (Lipinski definition) is 1. The first-order chi connectivity index (χ1) is 6.34. The fraction of sp³-hybridized carbons (Fsp3) is 0.636. The van der Waals surface area contributed by atoms with E-state index < -0.39 is 0 Å². The first-order valence-electron chi connectivity index (χ1n) is 5.03. The maximum absolute atomic E-state index is 8.67. The second-order valence-electron chi connectivity index (χ2n) is 2.75. The van der Waals surface area contributed by atoms with Crippen LogP contribution >= 0.6 is 0 Å². The molecule has 0 bridgehead atoms. The summed E-state index contributed by atoms with van der Waals surface area (Å²) in [7, 11) is 2.00. The average molecular weight is 183 g/mol. The second-order valence-corrected chi connectivity index (χ2v) is 2.75. The molecular formula is C11H21NO. The largest absolute Gasteiger partial charge is 0.395 e. The van der Waals surface area contributed by atoms with Crippen LogP contribution in [0.1, 0.15) is 26.7 Å². The molecule has 0 unspecified atom stereocenters. The molecule has 0 radical (unpaired) electrons. The maximum Gasteiger partial charge on any atom is 0.0606 e. The highest BCUT2D eigenvalue weighted by Gasteiger charge is 2.01. The third-order valence-electron chi connectivity index (χ3n) is 1.85. The fourth-order valence-electron chi connectivity index (χ4n) is 1.16. The van der Waals surface area contributed by atoms with Crippen LogP contribution in [-0.4, -0.2) is 30.2 Å². The van der Waals surface area contributed by atoms with Gasteiger partial charge in [-0.1, -0.05) is 26.0 Å². The van der Waals surface area contributed by atoms with Gasteiger partial charge in [-0.05, 0) is 18.9 Å². The third-order valence-corrected chi connectivity index (χ3v) is 1.85. The van der Waals surface area contributed by atoms with E-state index in [1.54, 1.807) is 0 Å². The summed E-state index contributed by atoms with van der Waals surface area (Å²) in [5.41, 5.74) is 1.23. The van der Waals surface area contributed by atoms with E-state index in [0.29, 0.717) is 0 Å². The Kier molecular flexibility index (Phi) is 7.41. The molecule has 0 fully saturated rings. The Morgan fingerprint density at radius 2 is 2.08 bits per heavy atom. The number of rotatable bonds is 3. The van der Waals surface area contributed by atoms with Crippen molar-refractivity contribution in [1.82, 2.24) is 4.90 Å². The summed E-state index contributed by atoms with van der Waals surface area (Å²) in [5.74, 6) is 0. The van der Waals surface area contributed by atoms with Crippen LogP contribution in [0.4, 0.5) is 0 Å². The van der Waals surface area contributed by atoms with Gasteiger partial charge in [0.2, 0.25) is 0 Å². The molecule has 13 heavy (non-hydrogen) atoms. The molecule has 0 saturated carbocycles. The highest BCUT2D eigenvalue weighted by atomic mass is 16.3. The van der Waals surface area contributed by atoms with Gasteiger partial charge in [0, 0.05) is 19.3 Å². The van der Waals surface area contributed by atoms with Gasteiger partial charge in [-0.3, -0.25) is 0 Å². The van der Waals surface area contributed by atoms with Crippen LogP contribution in [0.25, 0.3) is 0 Å². The van der Waals surface area contributed by atoms with Crippen LogP contribution in [0.5, 0.6) is 0 Å². The molecule has 0 aromatic rings. The van der Waals surface area contributed by atoms with Gasteiger partial charge in [-0.15, -0.1) is 0 Å². The first-order valence-corrected chi connectivity index (χ1v) is 5.03. The molecule has 1 N–H and O–H groups in total. The zero-order chi connectivity index (χ0) is 10.1. The van der Waals surface area contributed by atoms with Crippen LogP contribution < -0.4 is 0 Å². The molecule has 2 nitrogen and oxygen atoms in total. The van der Waals surface area contributed by atoms with E-state index in [0.717, 1.165) is 19.4 Å². The second kappa shape index (κ2) is 7.87. The van der Waals surface area contributed by atoms with Crippen molar-refractivity contribution in [3.05, 3.63) is 23.9 Å². The minimum absolute atomic E-state index is 0.224. The summed E-state index contributed by atoms with van der Waals surface area (Å²) in [5, 5.41) is 8.67. The molecule has 1 aliphatic carbocycles. The number of nitrogens with zero attached hydrogens (tertiary/aromatic N) is 1. The van der Waals surface area contributed by atoms with Crippen LogP contribution in [-0.2, 0) is 0 Å². The zero-order valence-corrected chi connectivity index (χ0v) is 8.95. The van der Waals surface area contributed by atoms with Gasteiger partial charge >= 0.3 is 0 Å². The number of aliphatic hydroxyl groups is 1. The third kappa shape index (κ3) is 4.73. The van der Waals surface area contributed by atoms with Gasteiger partial charge in [-0.2, -0.15) is 0 Å². The Hall–Kier alpha value is -0.760. The summed E-state index contributed by atoms with van der Waals surface area (Å²) >= 11 is 0. The standard InChI is InChI=1S/C9H15NO.C2H6/c1-10(7-8-11)9-5-3-2-4-6-9;1-2/h3,5-6,11H,2,4,7-8H2,1H3;1-2H3. The Bertz CT molecular complexity index is 173. The topological polar surface area (TPSA) is 23.5 Å². The fourth-order valence-corrected chi connectivity index (χ4v) is 1.16. The lowest BCUT2D eigenvalue weighted by Crippen LogP contribution is -2.21. The van der Waals surface area contributed by atoms with E-state index in [-0.39, 0.29) is 6.61 Å². The van der Waals surface area contributed by atoms with Gasteiger partial charge in [0.25, 0.3) is 0 Å². The van der Waals surface area contributed by atoms with Gasteiger partial charge in [0.15, 0.2) is 0 Å². The summed E-state index contributed by atoms with van der Waals surface area (Å²) < 4.78 is 0. The Morgan fingerprint density at radius 3 is 2.54 bits per heavy atom. The van der Waals surface area contributed by atoms with Crippen LogP contribution in [0, 0.1) is 0 Å². The normalized spacial score (nSPS) is 14.3. The average Bonchev–Trinajstić information content (AvgIpc) is 2.23. The molecule has 0 saturated heterocycles. The van der Waals surface area contributed by atoms with Crippen molar-refractivity contribution in [3.63, 3.8) is 0 Å². The van der Waals surface area contributed by atoms with E-state index in [9.17, 15) is 0 Å². The minimum Gasteiger partial charge on any atom is -0.395 e. The first kappa shape index (κ1) is 12.2. The number of hydrogen-bond acceptors (Lipinski definition) is 2. The molecule has 0 aliphatic heterocycles. The smallest absolute Gasteiger partial charge is 0.0606 e. The van der Waals surface area contributed by atoms with Gasteiger partial charge in [0.05, 0.1) is 6.61 Å². The number of aliphatic hydroxyl groups excluding tert-OH is 1. The molecule has 0 heterocycles. The Balaban J connectivity index is 0.000000671. The van der Waals surface area contributed by atoms with Gasteiger partial charge in [0.1, 0.15) is 0 Å². The van der Waals surface area contributed by atoms with E-state index in [1.807, 2.05) is 20.9 Å². The summed E-state index contributed by atoms with van der Waals surface area (Å²) in [6.45, 7) is 4.94. The lowest BCUT2D eigenvalue weighted by atomic mass is 10.1. The number of allylic oxidation sites excluding steroid dienone is 3. The summed E-state index contributed by atoms with van der Waals surface area (Å²) in [6, 6.07) is 0. The summed E-state index contributed by atoms with van der Waals surface area (Å²) in [4.78, 5) is 2.07. The lowest BCUT2D eigenvalue weighted by Gasteiger charge is -2.20. The van der Waals surface area contributed by atoms with Crippen LogP contribution in [0.3, 0.4) is 0 Å². The predicted octanol–water partition coefficient (Wildman–Crippen LogP) is 2.17. The molecule has 0 atom stereocenters. The van der Waals surface area contributed by atoms with Crippen LogP contribution in [0.2, 0.25) is 0 Å². The predicted molar refractivity (Wildman–Crippen MR) is 57.5 cm³/mol. The molecule has 0 aromatic carbocycles. The van der Waals surface area contributed by atoms with Crippen molar-refractivity contribution in [2.45, 2.75) is 26.7 Å².